The maximum absolute atomic E-state index is 5.28. The third-order valence-corrected chi connectivity index (χ3v) is 2.37. The molecular formula is C7H10N2OS. The Kier molecular flexibility index (Phi) is 1.87. The van der Waals surface area contributed by atoms with Crippen molar-refractivity contribution in [3.8, 4) is 0 Å². The molecule has 0 saturated heterocycles. The van der Waals surface area contributed by atoms with Gasteiger partial charge in [-0.3, -0.25) is 4.68 Å². The van der Waals surface area contributed by atoms with Crippen LogP contribution < -0.4 is 0 Å². The topological polar surface area (TPSA) is 27.1 Å². The van der Waals surface area contributed by atoms with Gasteiger partial charge in [0.2, 0.25) is 0 Å². The first kappa shape index (κ1) is 7.18. The Labute approximate surface area is 69.7 Å². The largest absolute Gasteiger partial charge is 0.373 e. The molecule has 11 heavy (non-hydrogen) atoms. The maximum Gasteiger partial charge on any atom is 0.118 e. The molecule has 0 aromatic carbocycles. The fourth-order valence-corrected chi connectivity index (χ4v) is 1.60. The van der Waals surface area contributed by atoms with E-state index in [-0.39, 0.29) is 0 Å². The molecule has 0 unspecified atom stereocenters. The number of nitrogens with zero attached hydrogens (tertiary/aromatic N) is 2. The lowest BCUT2D eigenvalue weighted by molar-refractivity contribution is 0.0799. The standard InChI is InChI=1S/C7H10N2OS/c1-11-7-4-6-5-10-3-2-9(6)8-7/h4H,2-3,5H2,1H3. The van der Waals surface area contributed by atoms with Crippen molar-refractivity contribution >= 4 is 11.8 Å². The van der Waals surface area contributed by atoms with Gasteiger partial charge in [0.05, 0.1) is 25.5 Å². The Morgan fingerprint density at radius 2 is 2.64 bits per heavy atom. The summed E-state index contributed by atoms with van der Waals surface area (Å²) in [5, 5.41) is 5.46. The lowest BCUT2D eigenvalue weighted by Crippen LogP contribution is -2.16. The van der Waals surface area contributed by atoms with Crippen molar-refractivity contribution in [2.75, 3.05) is 12.9 Å². The molecule has 1 aromatic rings. The molecule has 1 aliphatic rings. The van der Waals surface area contributed by atoms with Crippen LogP contribution in [-0.2, 0) is 17.9 Å². The zero-order valence-corrected chi connectivity index (χ0v) is 7.23. The third kappa shape index (κ3) is 1.28. The van der Waals surface area contributed by atoms with Gasteiger partial charge in [0, 0.05) is 0 Å². The molecule has 0 fully saturated rings. The van der Waals surface area contributed by atoms with Crippen LogP contribution in [0.1, 0.15) is 5.69 Å². The molecular weight excluding hydrogens is 160 g/mol. The van der Waals surface area contributed by atoms with E-state index in [9.17, 15) is 0 Å². The van der Waals surface area contributed by atoms with E-state index in [0.29, 0.717) is 6.61 Å². The number of ether oxygens (including phenoxy) is 1. The van der Waals surface area contributed by atoms with E-state index in [2.05, 4.69) is 11.2 Å². The number of fused-ring (bicyclic) bond motifs is 1. The molecule has 2 heterocycles. The van der Waals surface area contributed by atoms with E-state index < -0.39 is 0 Å². The van der Waals surface area contributed by atoms with Gasteiger partial charge >= 0.3 is 0 Å². The molecule has 60 valence electrons. The Hall–Kier alpha value is -0.480. The molecule has 0 amide bonds. The Morgan fingerprint density at radius 1 is 1.73 bits per heavy atom. The van der Waals surface area contributed by atoms with Crippen LogP contribution >= 0.6 is 11.8 Å². The highest BCUT2D eigenvalue weighted by atomic mass is 32.2. The van der Waals surface area contributed by atoms with E-state index in [1.54, 1.807) is 11.8 Å². The van der Waals surface area contributed by atoms with Crippen LogP contribution in [0.5, 0.6) is 0 Å². The van der Waals surface area contributed by atoms with E-state index >= 15 is 0 Å². The van der Waals surface area contributed by atoms with Crippen molar-refractivity contribution in [2.45, 2.75) is 18.2 Å². The zero-order chi connectivity index (χ0) is 7.68. The average molecular weight is 170 g/mol. The molecule has 1 aromatic heterocycles. The second kappa shape index (κ2) is 2.87. The van der Waals surface area contributed by atoms with E-state index in [0.717, 1.165) is 18.2 Å². The Bertz CT molecular complexity index is 235. The van der Waals surface area contributed by atoms with Gasteiger partial charge in [0.25, 0.3) is 0 Å². The average Bonchev–Trinajstić information content (AvgIpc) is 2.46. The highest BCUT2D eigenvalue weighted by molar-refractivity contribution is 7.98. The summed E-state index contributed by atoms with van der Waals surface area (Å²) in [6.07, 6.45) is 2.04. The number of rotatable bonds is 1. The lowest BCUT2D eigenvalue weighted by Gasteiger charge is -2.12. The first-order valence-corrected chi connectivity index (χ1v) is 4.81. The van der Waals surface area contributed by atoms with Gasteiger partial charge in [0.15, 0.2) is 0 Å². The van der Waals surface area contributed by atoms with Crippen LogP contribution in [-0.4, -0.2) is 22.6 Å². The van der Waals surface area contributed by atoms with Gasteiger partial charge in [-0.05, 0) is 12.3 Å². The zero-order valence-electron chi connectivity index (χ0n) is 6.41. The van der Waals surface area contributed by atoms with Gasteiger partial charge in [0.1, 0.15) is 5.03 Å². The maximum atomic E-state index is 5.28. The molecule has 0 atom stereocenters. The minimum Gasteiger partial charge on any atom is -0.373 e. The number of aromatic nitrogens is 2. The van der Waals surface area contributed by atoms with Crippen molar-refractivity contribution in [3.63, 3.8) is 0 Å². The molecule has 3 nitrogen and oxygen atoms in total. The minimum atomic E-state index is 0.716. The smallest absolute Gasteiger partial charge is 0.118 e. The third-order valence-electron chi connectivity index (χ3n) is 1.75. The SMILES string of the molecule is CSc1cc2n(n1)CCOC2. The van der Waals surface area contributed by atoms with E-state index in [1.807, 2.05) is 10.9 Å². The highest BCUT2D eigenvalue weighted by Gasteiger charge is 2.10. The summed E-state index contributed by atoms with van der Waals surface area (Å²) < 4.78 is 7.31. The molecule has 0 N–H and O–H groups in total. The summed E-state index contributed by atoms with van der Waals surface area (Å²) in [7, 11) is 0. The molecule has 0 saturated carbocycles. The Balaban J connectivity index is 2.32. The van der Waals surface area contributed by atoms with Crippen molar-refractivity contribution in [2.24, 2.45) is 0 Å². The summed E-state index contributed by atoms with van der Waals surface area (Å²) in [5.74, 6) is 0. The Morgan fingerprint density at radius 3 is 3.36 bits per heavy atom. The predicted molar refractivity (Wildman–Crippen MR) is 43.7 cm³/mol. The van der Waals surface area contributed by atoms with Crippen molar-refractivity contribution in [1.29, 1.82) is 0 Å². The van der Waals surface area contributed by atoms with E-state index in [1.165, 1.54) is 5.69 Å². The van der Waals surface area contributed by atoms with Crippen LogP contribution in [0.2, 0.25) is 0 Å². The molecule has 0 spiro atoms. The van der Waals surface area contributed by atoms with Crippen molar-refractivity contribution < 1.29 is 4.74 Å². The second-order valence-electron chi connectivity index (χ2n) is 2.45. The van der Waals surface area contributed by atoms with Gasteiger partial charge < -0.3 is 4.74 Å². The first-order chi connectivity index (χ1) is 5.40. The van der Waals surface area contributed by atoms with Crippen molar-refractivity contribution in [1.82, 2.24) is 9.78 Å². The van der Waals surface area contributed by atoms with Crippen LogP contribution in [0.3, 0.4) is 0 Å². The van der Waals surface area contributed by atoms with Crippen LogP contribution in [0.15, 0.2) is 11.1 Å². The molecule has 0 bridgehead atoms. The summed E-state index contributed by atoms with van der Waals surface area (Å²) in [4.78, 5) is 0. The van der Waals surface area contributed by atoms with Crippen molar-refractivity contribution in [3.05, 3.63) is 11.8 Å². The van der Waals surface area contributed by atoms with Crippen LogP contribution in [0.25, 0.3) is 0 Å². The normalized spacial score (nSPS) is 16.5. The summed E-state index contributed by atoms with van der Waals surface area (Å²) in [6, 6.07) is 2.09. The predicted octanol–water partition coefficient (Wildman–Crippen LogP) is 1.14. The van der Waals surface area contributed by atoms with E-state index in [4.69, 9.17) is 4.74 Å². The quantitative estimate of drug-likeness (QED) is 0.591. The molecule has 1 aliphatic heterocycles. The first-order valence-electron chi connectivity index (χ1n) is 3.58. The number of hydrogen-bond donors (Lipinski definition) is 0. The highest BCUT2D eigenvalue weighted by Crippen LogP contribution is 2.17. The summed E-state index contributed by atoms with van der Waals surface area (Å²) >= 11 is 1.67. The number of thioether (sulfide) groups is 1. The summed E-state index contributed by atoms with van der Waals surface area (Å²) in [6.45, 7) is 2.41. The van der Waals surface area contributed by atoms with Gasteiger partial charge in [-0.25, -0.2) is 0 Å². The van der Waals surface area contributed by atoms with Gasteiger partial charge in [-0.15, -0.1) is 11.8 Å². The fraction of sp³-hybridized carbons (Fsp3) is 0.571. The monoisotopic (exact) mass is 170 g/mol. The minimum absolute atomic E-state index is 0.716. The number of hydrogen-bond acceptors (Lipinski definition) is 3. The second-order valence-corrected chi connectivity index (χ2v) is 3.28. The molecule has 4 heteroatoms. The van der Waals surface area contributed by atoms with Gasteiger partial charge in [-0.1, -0.05) is 0 Å². The molecule has 0 radical (unpaired) electrons. The van der Waals surface area contributed by atoms with Crippen LogP contribution in [0, 0.1) is 0 Å². The van der Waals surface area contributed by atoms with Crippen LogP contribution in [0.4, 0.5) is 0 Å². The van der Waals surface area contributed by atoms with Gasteiger partial charge in [-0.2, -0.15) is 5.10 Å². The molecule has 0 aliphatic carbocycles. The molecule has 2 rings (SSSR count). The lowest BCUT2D eigenvalue weighted by atomic mass is 10.4. The summed E-state index contributed by atoms with van der Waals surface area (Å²) in [5.41, 5.74) is 1.20. The fourth-order valence-electron chi connectivity index (χ4n) is 1.17.